The topological polar surface area (TPSA) is 61.5 Å². The number of amides is 2. The van der Waals surface area contributed by atoms with Gasteiger partial charge in [0.25, 0.3) is 0 Å². The van der Waals surface area contributed by atoms with E-state index in [4.69, 9.17) is 4.74 Å². The summed E-state index contributed by atoms with van der Waals surface area (Å²) in [6, 6.07) is 0.125. The molecule has 6 nitrogen and oxygen atoms in total. The van der Waals surface area contributed by atoms with Crippen LogP contribution >= 0.6 is 0 Å². The highest BCUT2D eigenvalue weighted by atomic mass is 16.5. The first-order chi connectivity index (χ1) is 8.34. The van der Waals surface area contributed by atoms with Gasteiger partial charge in [0.15, 0.2) is 0 Å². The van der Waals surface area contributed by atoms with Crippen LogP contribution in [0, 0.1) is 0 Å². The number of hydrogen-bond donors (Lipinski definition) is 1. The van der Waals surface area contributed by atoms with E-state index in [1.54, 1.807) is 0 Å². The van der Waals surface area contributed by atoms with Crippen molar-refractivity contribution in [3.05, 3.63) is 17.5 Å². The van der Waals surface area contributed by atoms with Crippen LogP contribution in [0.5, 0.6) is 0 Å². The number of aromatic amines is 1. The Bertz CT molecular complexity index is 411. The van der Waals surface area contributed by atoms with Crippen LogP contribution in [0.15, 0.2) is 6.20 Å². The second-order valence-electron chi connectivity index (χ2n) is 4.43. The van der Waals surface area contributed by atoms with Gasteiger partial charge in [-0.05, 0) is 0 Å². The van der Waals surface area contributed by atoms with E-state index >= 15 is 0 Å². The average molecular weight is 236 g/mol. The van der Waals surface area contributed by atoms with Gasteiger partial charge in [-0.3, -0.25) is 5.10 Å². The van der Waals surface area contributed by atoms with E-state index in [-0.39, 0.29) is 6.03 Å². The molecule has 3 rings (SSSR count). The normalized spacial score (nSPS) is 20.2. The lowest BCUT2D eigenvalue weighted by molar-refractivity contribution is 0.0421. The van der Waals surface area contributed by atoms with Gasteiger partial charge in [0.1, 0.15) is 0 Å². The van der Waals surface area contributed by atoms with Gasteiger partial charge in [0.2, 0.25) is 0 Å². The second-order valence-corrected chi connectivity index (χ2v) is 4.43. The number of ether oxygens (including phenoxy) is 1. The number of morpholine rings is 1. The molecule has 6 heteroatoms. The van der Waals surface area contributed by atoms with Gasteiger partial charge in [-0.25, -0.2) is 4.79 Å². The summed E-state index contributed by atoms with van der Waals surface area (Å²) >= 11 is 0. The van der Waals surface area contributed by atoms with Gasteiger partial charge in [0, 0.05) is 37.3 Å². The Labute approximate surface area is 99.5 Å². The van der Waals surface area contributed by atoms with Gasteiger partial charge in [-0.15, -0.1) is 0 Å². The highest BCUT2D eigenvalue weighted by Gasteiger charge is 2.26. The molecule has 0 aliphatic carbocycles. The molecule has 1 aromatic heterocycles. The zero-order valence-electron chi connectivity index (χ0n) is 9.69. The Morgan fingerprint density at radius 1 is 1.29 bits per heavy atom. The molecule has 0 radical (unpaired) electrons. The van der Waals surface area contributed by atoms with E-state index in [9.17, 15) is 4.79 Å². The quantitative estimate of drug-likeness (QED) is 0.701. The van der Waals surface area contributed by atoms with Crippen molar-refractivity contribution < 1.29 is 9.53 Å². The fourth-order valence-electron chi connectivity index (χ4n) is 2.34. The fraction of sp³-hybridized carbons (Fsp3) is 0.636. The maximum absolute atomic E-state index is 12.3. The average Bonchev–Trinajstić information content (AvgIpc) is 2.86. The standard InChI is InChI=1S/C11H16N4O2/c16-11(14-3-5-17-6-4-14)15-2-1-10-9(8-15)7-12-13-10/h7H,1-6,8H2,(H,12,13). The smallest absolute Gasteiger partial charge is 0.320 e. The molecule has 2 amide bonds. The van der Waals surface area contributed by atoms with E-state index in [2.05, 4.69) is 10.2 Å². The van der Waals surface area contributed by atoms with Crippen LogP contribution in [0.25, 0.3) is 0 Å². The van der Waals surface area contributed by atoms with Crippen molar-refractivity contribution in [2.45, 2.75) is 13.0 Å². The molecule has 0 saturated carbocycles. The van der Waals surface area contributed by atoms with Gasteiger partial charge < -0.3 is 14.5 Å². The van der Waals surface area contributed by atoms with Crippen LogP contribution in [0.1, 0.15) is 11.3 Å². The maximum Gasteiger partial charge on any atom is 0.320 e. The number of carbonyl (C=O) groups excluding carboxylic acids is 1. The number of fused-ring (bicyclic) bond motifs is 1. The molecule has 1 fully saturated rings. The maximum atomic E-state index is 12.3. The molecule has 0 spiro atoms. The predicted molar refractivity (Wildman–Crippen MR) is 60.5 cm³/mol. The first-order valence-electron chi connectivity index (χ1n) is 5.97. The minimum absolute atomic E-state index is 0.125. The lowest BCUT2D eigenvalue weighted by Crippen LogP contribution is -2.49. The molecule has 3 heterocycles. The molecular formula is C11H16N4O2. The van der Waals surface area contributed by atoms with Gasteiger partial charge >= 0.3 is 6.03 Å². The van der Waals surface area contributed by atoms with Crippen molar-refractivity contribution in [3.8, 4) is 0 Å². The Hall–Kier alpha value is -1.56. The monoisotopic (exact) mass is 236 g/mol. The predicted octanol–water partition coefficient (Wildman–Crippen LogP) is 0.220. The lowest BCUT2D eigenvalue weighted by Gasteiger charge is -2.34. The summed E-state index contributed by atoms with van der Waals surface area (Å²) in [5.74, 6) is 0. The van der Waals surface area contributed by atoms with Crippen LogP contribution in [-0.2, 0) is 17.7 Å². The van der Waals surface area contributed by atoms with Crippen molar-refractivity contribution in [1.82, 2.24) is 20.0 Å². The van der Waals surface area contributed by atoms with Crippen LogP contribution in [-0.4, -0.2) is 58.9 Å². The number of hydrogen-bond acceptors (Lipinski definition) is 3. The van der Waals surface area contributed by atoms with Gasteiger partial charge in [0.05, 0.1) is 26.0 Å². The number of aromatic nitrogens is 2. The SMILES string of the molecule is O=C(N1CCOCC1)N1CCc2[nH]ncc2C1. The largest absolute Gasteiger partial charge is 0.378 e. The van der Waals surface area contributed by atoms with E-state index in [0.29, 0.717) is 32.8 Å². The third-order valence-corrected chi connectivity index (χ3v) is 3.35. The molecule has 0 unspecified atom stereocenters. The minimum Gasteiger partial charge on any atom is -0.378 e. The summed E-state index contributed by atoms with van der Waals surface area (Å²) < 4.78 is 5.25. The van der Waals surface area contributed by atoms with Crippen molar-refractivity contribution in [1.29, 1.82) is 0 Å². The molecule has 1 N–H and O–H groups in total. The summed E-state index contributed by atoms with van der Waals surface area (Å²) in [7, 11) is 0. The Morgan fingerprint density at radius 3 is 2.94 bits per heavy atom. The van der Waals surface area contributed by atoms with Crippen molar-refractivity contribution in [2.24, 2.45) is 0 Å². The third-order valence-electron chi connectivity index (χ3n) is 3.35. The van der Waals surface area contributed by atoms with Crippen LogP contribution in [0.2, 0.25) is 0 Å². The summed E-state index contributed by atoms with van der Waals surface area (Å²) in [6.07, 6.45) is 2.68. The Balaban J connectivity index is 1.67. The lowest BCUT2D eigenvalue weighted by atomic mass is 10.1. The summed E-state index contributed by atoms with van der Waals surface area (Å²) in [4.78, 5) is 16.0. The van der Waals surface area contributed by atoms with Crippen LogP contribution < -0.4 is 0 Å². The van der Waals surface area contributed by atoms with Crippen LogP contribution in [0.4, 0.5) is 4.79 Å². The van der Waals surface area contributed by atoms with E-state index in [0.717, 1.165) is 24.2 Å². The number of nitrogens with zero attached hydrogens (tertiary/aromatic N) is 3. The van der Waals surface area contributed by atoms with Crippen molar-refractivity contribution >= 4 is 6.03 Å². The highest BCUT2D eigenvalue weighted by Crippen LogP contribution is 2.17. The van der Waals surface area contributed by atoms with Crippen LogP contribution in [0.3, 0.4) is 0 Å². The van der Waals surface area contributed by atoms with Crippen molar-refractivity contribution in [2.75, 3.05) is 32.8 Å². The molecule has 1 saturated heterocycles. The number of nitrogens with one attached hydrogen (secondary N) is 1. The zero-order valence-corrected chi connectivity index (χ0v) is 9.69. The summed E-state index contributed by atoms with van der Waals surface area (Å²) in [5.41, 5.74) is 2.30. The first-order valence-corrected chi connectivity index (χ1v) is 5.97. The Morgan fingerprint density at radius 2 is 2.12 bits per heavy atom. The third kappa shape index (κ3) is 2.00. The fourth-order valence-corrected chi connectivity index (χ4v) is 2.34. The van der Waals surface area contributed by atoms with E-state index < -0.39 is 0 Å². The molecule has 17 heavy (non-hydrogen) atoms. The Kier molecular flexibility index (Phi) is 2.72. The molecule has 0 bridgehead atoms. The second kappa shape index (κ2) is 4.37. The van der Waals surface area contributed by atoms with E-state index in [1.807, 2.05) is 16.0 Å². The first kappa shape index (κ1) is 10.6. The highest BCUT2D eigenvalue weighted by molar-refractivity contribution is 5.74. The molecule has 1 aromatic rings. The zero-order chi connectivity index (χ0) is 11.7. The summed E-state index contributed by atoms with van der Waals surface area (Å²) in [6.45, 7) is 4.14. The molecule has 0 aromatic carbocycles. The van der Waals surface area contributed by atoms with Gasteiger partial charge in [-0.1, -0.05) is 0 Å². The molecule has 92 valence electrons. The van der Waals surface area contributed by atoms with Crippen molar-refractivity contribution in [3.63, 3.8) is 0 Å². The number of carbonyl (C=O) groups is 1. The number of rotatable bonds is 0. The molecular weight excluding hydrogens is 220 g/mol. The minimum atomic E-state index is 0.125. The van der Waals surface area contributed by atoms with E-state index in [1.165, 1.54) is 0 Å². The number of urea groups is 1. The molecule has 0 atom stereocenters. The summed E-state index contributed by atoms with van der Waals surface area (Å²) in [5, 5.41) is 6.99. The number of H-pyrrole nitrogens is 1. The van der Waals surface area contributed by atoms with Gasteiger partial charge in [-0.2, -0.15) is 5.10 Å². The molecule has 2 aliphatic rings. The molecule has 2 aliphatic heterocycles.